The van der Waals surface area contributed by atoms with Crippen molar-refractivity contribution in [3.63, 3.8) is 0 Å². The molecule has 0 aliphatic rings. The van der Waals surface area contributed by atoms with Crippen LogP contribution in [0.1, 0.15) is 11.1 Å². The van der Waals surface area contributed by atoms with Gasteiger partial charge < -0.3 is 15.2 Å². The maximum Gasteiger partial charge on any atom is 0.167 e. The van der Waals surface area contributed by atoms with Gasteiger partial charge in [0.1, 0.15) is 0 Å². The third kappa shape index (κ3) is 3.07. The summed E-state index contributed by atoms with van der Waals surface area (Å²) < 4.78 is 10.6. The van der Waals surface area contributed by atoms with E-state index < -0.39 is 0 Å². The summed E-state index contributed by atoms with van der Waals surface area (Å²) in [6.07, 6.45) is 4.00. The van der Waals surface area contributed by atoms with Crippen LogP contribution in [0.5, 0.6) is 11.5 Å². The molecular weight excluding hydrogens is 238 g/mol. The number of ether oxygens (including phenoxy) is 2. The van der Waals surface area contributed by atoms with Crippen LogP contribution in [-0.4, -0.2) is 14.2 Å². The normalized spacial score (nSPS) is 10.6. The van der Waals surface area contributed by atoms with Gasteiger partial charge in [0, 0.05) is 11.3 Å². The van der Waals surface area contributed by atoms with Gasteiger partial charge in [-0.2, -0.15) is 0 Å². The molecule has 3 nitrogen and oxygen atoms in total. The molecule has 0 heterocycles. The number of hydrogen-bond acceptors (Lipinski definition) is 3. The van der Waals surface area contributed by atoms with E-state index in [1.165, 1.54) is 0 Å². The molecule has 0 unspecified atom stereocenters. The predicted molar refractivity (Wildman–Crippen MR) is 79.3 cm³/mol. The van der Waals surface area contributed by atoms with Crippen molar-refractivity contribution >= 4 is 17.8 Å². The lowest BCUT2D eigenvalue weighted by atomic mass is 10.1. The molecule has 0 aromatic heterocycles. The molecule has 0 saturated carbocycles. The van der Waals surface area contributed by atoms with Crippen molar-refractivity contribution in [2.45, 2.75) is 0 Å². The molecule has 0 aliphatic heterocycles. The number of rotatable bonds is 4. The maximum absolute atomic E-state index is 5.66. The summed E-state index contributed by atoms with van der Waals surface area (Å²) in [5, 5.41) is 0. The number of benzene rings is 2. The van der Waals surface area contributed by atoms with Crippen molar-refractivity contribution < 1.29 is 9.47 Å². The lowest BCUT2D eigenvalue weighted by molar-refractivity contribution is 0.354. The fraction of sp³-hybridized carbons (Fsp3) is 0.125. The Morgan fingerprint density at radius 2 is 1.63 bits per heavy atom. The van der Waals surface area contributed by atoms with Gasteiger partial charge in [0.2, 0.25) is 0 Å². The zero-order chi connectivity index (χ0) is 13.7. The highest BCUT2D eigenvalue weighted by atomic mass is 16.5. The Bertz CT molecular complexity index is 574. The molecule has 0 fully saturated rings. The lowest BCUT2D eigenvalue weighted by Gasteiger charge is -2.09. The van der Waals surface area contributed by atoms with Crippen LogP contribution in [0.4, 0.5) is 5.69 Å². The van der Waals surface area contributed by atoms with E-state index in [1.54, 1.807) is 14.2 Å². The molecule has 0 saturated heterocycles. The number of para-hydroxylation sites is 1. The molecule has 0 aliphatic carbocycles. The predicted octanol–water partition coefficient (Wildman–Crippen LogP) is 3.46. The Kier molecular flexibility index (Phi) is 4.08. The Morgan fingerprint density at radius 3 is 2.26 bits per heavy atom. The number of anilines is 1. The summed E-state index contributed by atoms with van der Waals surface area (Å²) in [4.78, 5) is 0. The molecule has 0 atom stereocenters. The quantitative estimate of drug-likeness (QED) is 0.672. The van der Waals surface area contributed by atoms with Crippen molar-refractivity contribution in [2.24, 2.45) is 0 Å². The van der Waals surface area contributed by atoms with E-state index in [0.717, 1.165) is 28.3 Å². The Morgan fingerprint density at radius 1 is 0.895 bits per heavy atom. The molecule has 98 valence electrons. The molecule has 2 N–H and O–H groups in total. The van der Waals surface area contributed by atoms with E-state index in [4.69, 9.17) is 15.2 Å². The minimum absolute atomic E-state index is 0.724. The van der Waals surface area contributed by atoms with Crippen LogP contribution in [0, 0.1) is 0 Å². The van der Waals surface area contributed by atoms with Gasteiger partial charge in [-0.05, 0) is 23.8 Å². The van der Waals surface area contributed by atoms with Gasteiger partial charge in [0.15, 0.2) is 11.5 Å². The first-order chi connectivity index (χ1) is 9.24. The molecular formula is C16H17NO2. The zero-order valence-electron chi connectivity index (χ0n) is 11.1. The molecule has 2 rings (SSSR count). The highest BCUT2D eigenvalue weighted by Gasteiger charge is 2.06. The number of methoxy groups -OCH3 is 2. The highest BCUT2D eigenvalue weighted by molar-refractivity contribution is 5.74. The van der Waals surface area contributed by atoms with Crippen molar-refractivity contribution in [3.05, 3.63) is 53.6 Å². The van der Waals surface area contributed by atoms with E-state index >= 15 is 0 Å². The van der Waals surface area contributed by atoms with Gasteiger partial charge in [-0.15, -0.1) is 0 Å². The van der Waals surface area contributed by atoms with E-state index in [9.17, 15) is 0 Å². The van der Waals surface area contributed by atoms with E-state index in [1.807, 2.05) is 54.6 Å². The number of nitrogen functional groups attached to an aromatic ring is 1. The van der Waals surface area contributed by atoms with Crippen LogP contribution in [0.15, 0.2) is 42.5 Å². The first kappa shape index (κ1) is 13.0. The van der Waals surface area contributed by atoms with E-state index in [2.05, 4.69) is 0 Å². The van der Waals surface area contributed by atoms with Gasteiger partial charge >= 0.3 is 0 Å². The van der Waals surface area contributed by atoms with Crippen LogP contribution in [0.2, 0.25) is 0 Å². The lowest BCUT2D eigenvalue weighted by Crippen LogP contribution is -1.92. The molecule has 2 aromatic rings. The summed E-state index contributed by atoms with van der Waals surface area (Å²) in [7, 11) is 3.27. The number of hydrogen-bond donors (Lipinski definition) is 1. The van der Waals surface area contributed by atoms with Crippen LogP contribution >= 0.6 is 0 Å². The standard InChI is InChI=1S/C16H17NO2/c1-18-15-5-3-4-13(16(15)19-2)9-6-12-7-10-14(17)11-8-12/h3-11H,17H2,1-2H3/b9-6+. The molecule has 2 aromatic carbocycles. The monoisotopic (exact) mass is 255 g/mol. The van der Waals surface area contributed by atoms with E-state index in [-0.39, 0.29) is 0 Å². The van der Waals surface area contributed by atoms with Crippen molar-refractivity contribution in [1.29, 1.82) is 0 Å². The highest BCUT2D eigenvalue weighted by Crippen LogP contribution is 2.31. The largest absolute Gasteiger partial charge is 0.493 e. The van der Waals surface area contributed by atoms with Gasteiger partial charge in [-0.25, -0.2) is 0 Å². The second kappa shape index (κ2) is 5.96. The average Bonchev–Trinajstić information content (AvgIpc) is 2.46. The summed E-state index contributed by atoms with van der Waals surface area (Å²) in [6.45, 7) is 0. The van der Waals surface area contributed by atoms with Gasteiger partial charge in [-0.1, -0.05) is 36.4 Å². The second-order valence-corrected chi connectivity index (χ2v) is 4.08. The van der Waals surface area contributed by atoms with Crippen molar-refractivity contribution in [1.82, 2.24) is 0 Å². The van der Waals surface area contributed by atoms with Crippen LogP contribution < -0.4 is 15.2 Å². The first-order valence-corrected chi connectivity index (χ1v) is 5.99. The van der Waals surface area contributed by atoms with Crippen LogP contribution in [0.3, 0.4) is 0 Å². The van der Waals surface area contributed by atoms with Crippen molar-refractivity contribution in [3.8, 4) is 11.5 Å². The smallest absolute Gasteiger partial charge is 0.167 e. The molecule has 0 spiro atoms. The second-order valence-electron chi connectivity index (χ2n) is 4.08. The maximum atomic E-state index is 5.66. The minimum atomic E-state index is 0.724. The molecule has 0 amide bonds. The molecule has 3 heteroatoms. The summed E-state index contributed by atoms with van der Waals surface area (Å²) >= 11 is 0. The van der Waals surface area contributed by atoms with Gasteiger partial charge in [-0.3, -0.25) is 0 Å². The topological polar surface area (TPSA) is 44.5 Å². The third-order valence-electron chi connectivity index (χ3n) is 2.83. The Balaban J connectivity index is 2.30. The Labute approximate surface area is 113 Å². The van der Waals surface area contributed by atoms with E-state index in [0.29, 0.717) is 0 Å². The van der Waals surface area contributed by atoms with Crippen LogP contribution in [-0.2, 0) is 0 Å². The average molecular weight is 255 g/mol. The van der Waals surface area contributed by atoms with Gasteiger partial charge in [0.05, 0.1) is 14.2 Å². The number of nitrogens with two attached hydrogens (primary N) is 1. The molecule has 0 radical (unpaired) electrons. The first-order valence-electron chi connectivity index (χ1n) is 5.99. The SMILES string of the molecule is COc1cccc(/C=C/c2ccc(N)cc2)c1OC. The zero-order valence-corrected chi connectivity index (χ0v) is 11.1. The Hall–Kier alpha value is -2.42. The third-order valence-corrected chi connectivity index (χ3v) is 2.83. The fourth-order valence-electron chi connectivity index (χ4n) is 1.84. The summed E-state index contributed by atoms with van der Waals surface area (Å²) in [6, 6.07) is 13.5. The summed E-state index contributed by atoms with van der Waals surface area (Å²) in [5.41, 5.74) is 8.47. The van der Waals surface area contributed by atoms with Crippen molar-refractivity contribution in [2.75, 3.05) is 20.0 Å². The minimum Gasteiger partial charge on any atom is -0.493 e. The molecule has 19 heavy (non-hydrogen) atoms. The summed E-state index contributed by atoms with van der Waals surface area (Å²) in [5.74, 6) is 1.46. The van der Waals surface area contributed by atoms with Crippen LogP contribution in [0.25, 0.3) is 12.2 Å². The fourth-order valence-corrected chi connectivity index (χ4v) is 1.84. The van der Waals surface area contributed by atoms with Gasteiger partial charge in [0.25, 0.3) is 0 Å². The molecule has 0 bridgehead atoms.